The zero-order valence-corrected chi connectivity index (χ0v) is 23.9. The standard InChI is InChI=1S/C30H38FN7O4/c1-41-21-6-4-5-20(13-21)37-16-32-23-12-19(11-22(31)28(23)37)26-27-29(38(17-33-27)25-7-2-3-10-42-25)35-30(34-26)36-9-8-18(15-39)24(40)14-36/h11-12,16-18,20-21,24-25,39-40H,2-10,13-15H2,1H3/t18-,20-,21-,24+,25?/m1/s1. The molecule has 0 bridgehead atoms. The van der Waals surface area contributed by atoms with Crippen LogP contribution in [0.5, 0.6) is 0 Å². The summed E-state index contributed by atoms with van der Waals surface area (Å²) in [4.78, 5) is 21.1. The molecule has 1 saturated carbocycles. The first-order valence-electron chi connectivity index (χ1n) is 15.1. The van der Waals surface area contributed by atoms with E-state index in [1.807, 2.05) is 20.1 Å². The van der Waals surface area contributed by atoms with Crippen LogP contribution in [0, 0.1) is 11.7 Å². The maximum Gasteiger partial charge on any atom is 0.228 e. The zero-order chi connectivity index (χ0) is 28.8. The molecule has 1 aromatic carbocycles. The molecule has 1 unspecified atom stereocenters. The van der Waals surface area contributed by atoms with Crippen molar-refractivity contribution in [2.75, 3.05) is 38.3 Å². The van der Waals surface area contributed by atoms with E-state index in [2.05, 4.69) is 4.98 Å². The highest BCUT2D eigenvalue weighted by atomic mass is 19.1. The topological polar surface area (TPSA) is 124 Å². The van der Waals surface area contributed by atoms with Gasteiger partial charge in [-0.25, -0.2) is 19.3 Å². The predicted octanol–water partition coefficient (Wildman–Crippen LogP) is 3.99. The van der Waals surface area contributed by atoms with Crippen LogP contribution in [0.15, 0.2) is 24.8 Å². The Morgan fingerprint density at radius 3 is 2.71 bits per heavy atom. The first-order chi connectivity index (χ1) is 20.5. The first kappa shape index (κ1) is 27.6. The monoisotopic (exact) mass is 579 g/mol. The number of ether oxygens (including phenoxy) is 2. The number of nitrogens with zero attached hydrogens (tertiary/aromatic N) is 7. The molecule has 0 radical (unpaired) electrons. The van der Waals surface area contributed by atoms with Gasteiger partial charge in [-0.15, -0.1) is 0 Å². The SMILES string of the molecule is CO[C@@H]1CCC[C@@H](n2cnc3cc(-c4nc(N5CC[C@H](CO)[C@@H](O)C5)nc5c4ncn5C4CCCCO4)cc(F)c32)C1. The van der Waals surface area contributed by atoms with Crippen molar-refractivity contribution in [2.45, 2.75) is 75.8 Å². The summed E-state index contributed by atoms with van der Waals surface area (Å²) in [6.07, 6.45) is 10.1. The largest absolute Gasteiger partial charge is 0.396 e. The number of β-amino-alcohol motifs (C(OH)–C–C–N with tert-alkyl or cyclic N) is 1. The van der Waals surface area contributed by atoms with Gasteiger partial charge in [0, 0.05) is 50.9 Å². The molecule has 12 heteroatoms. The van der Waals surface area contributed by atoms with Crippen molar-refractivity contribution >= 4 is 28.1 Å². The number of benzene rings is 1. The van der Waals surface area contributed by atoms with Crippen LogP contribution < -0.4 is 4.90 Å². The van der Waals surface area contributed by atoms with E-state index in [9.17, 15) is 10.2 Å². The van der Waals surface area contributed by atoms with Crippen LogP contribution >= 0.6 is 0 Å². The number of rotatable bonds is 6. The van der Waals surface area contributed by atoms with Crippen LogP contribution in [0.1, 0.15) is 63.6 Å². The molecule has 42 heavy (non-hydrogen) atoms. The van der Waals surface area contributed by atoms with E-state index >= 15 is 4.39 Å². The number of halogens is 1. The Morgan fingerprint density at radius 1 is 1.05 bits per heavy atom. The van der Waals surface area contributed by atoms with Crippen molar-refractivity contribution in [3.63, 3.8) is 0 Å². The third kappa shape index (κ3) is 4.93. The van der Waals surface area contributed by atoms with Crippen molar-refractivity contribution in [1.82, 2.24) is 29.1 Å². The second-order valence-corrected chi connectivity index (χ2v) is 11.9. The second-order valence-electron chi connectivity index (χ2n) is 11.9. The fourth-order valence-electron chi connectivity index (χ4n) is 6.90. The number of hydrogen-bond acceptors (Lipinski definition) is 9. The van der Waals surface area contributed by atoms with Gasteiger partial charge in [0.15, 0.2) is 5.65 Å². The first-order valence-corrected chi connectivity index (χ1v) is 15.1. The number of aliphatic hydroxyl groups is 2. The molecular weight excluding hydrogens is 541 g/mol. The number of methoxy groups -OCH3 is 1. The molecule has 3 aliphatic rings. The lowest BCUT2D eigenvalue weighted by atomic mass is 9.92. The normalized spacial score (nSPS) is 27.2. The molecule has 0 amide bonds. The number of anilines is 1. The Balaban J connectivity index is 1.32. The smallest absolute Gasteiger partial charge is 0.228 e. The van der Waals surface area contributed by atoms with E-state index < -0.39 is 6.10 Å². The molecule has 7 rings (SSSR count). The summed E-state index contributed by atoms with van der Waals surface area (Å²) in [5, 5.41) is 20.3. The van der Waals surface area contributed by atoms with Crippen molar-refractivity contribution in [2.24, 2.45) is 5.92 Å². The molecule has 5 heterocycles. The number of aliphatic hydroxyl groups excluding tert-OH is 2. The van der Waals surface area contributed by atoms with E-state index in [-0.39, 0.29) is 36.7 Å². The minimum absolute atomic E-state index is 0.0646. The Kier molecular flexibility index (Phi) is 7.55. The van der Waals surface area contributed by atoms with E-state index in [1.54, 1.807) is 19.8 Å². The summed E-state index contributed by atoms with van der Waals surface area (Å²) in [6, 6.07) is 3.53. The molecule has 0 spiro atoms. The minimum Gasteiger partial charge on any atom is -0.396 e. The highest BCUT2D eigenvalue weighted by Gasteiger charge is 2.31. The lowest BCUT2D eigenvalue weighted by molar-refractivity contribution is -0.0298. The third-order valence-electron chi connectivity index (χ3n) is 9.34. The van der Waals surface area contributed by atoms with E-state index in [0.29, 0.717) is 65.5 Å². The molecule has 2 saturated heterocycles. The fraction of sp³-hybridized carbons (Fsp3) is 0.600. The van der Waals surface area contributed by atoms with Gasteiger partial charge in [0.05, 0.1) is 30.4 Å². The zero-order valence-electron chi connectivity index (χ0n) is 23.9. The number of imidazole rings is 2. The maximum atomic E-state index is 16.0. The maximum absolute atomic E-state index is 16.0. The van der Waals surface area contributed by atoms with Gasteiger partial charge in [-0.05, 0) is 63.5 Å². The van der Waals surface area contributed by atoms with E-state index in [4.69, 9.17) is 24.4 Å². The van der Waals surface area contributed by atoms with Crippen molar-refractivity contribution in [3.05, 3.63) is 30.6 Å². The Labute approximate surface area is 243 Å². The van der Waals surface area contributed by atoms with Crippen molar-refractivity contribution < 1.29 is 24.1 Å². The lowest BCUT2D eigenvalue weighted by Gasteiger charge is -2.35. The summed E-state index contributed by atoms with van der Waals surface area (Å²) in [5.74, 6) is -0.105. The highest BCUT2D eigenvalue weighted by molar-refractivity contribution is 5.92. The summed E-state index contributed by atoms with van der Waals surface area (Å²) in [6.45, 7) is 1.49. The third-order valence-corrected chi connectivity index (χ3v) is 9.34. The summed E-state index contributed by atoms with van der Waals surface area (Å²) < 4.78 is 31.6. The second kappa shape index (κ2) is 11.5. The van der Waals surface area contributed by atoms with E-state index in [0.717, 1.165) is 44.9 Å². The average Bonchev–Trinajstić information content (AvgIpc) is 3.66. The Morgan fingerprint density at radius 2 is 1.93 bits per heavy atom. The molecule has 2 aliphatic heterocycles. The van der Waals surface area contributed by atoms with Crippen LogP contribution in [0.3, 0.4) is 0 Å². The molecule has 11 nitrogen and oxygen atoms in total. The average molecular weight is 580 g/mol. The van der Waals surface area contributed by atoms with Crippen molar-refractivity contribution in [1.29, 1.82) is 0 Å². The molecule has 2 N–H and O–H groups in total. The number of piperidine rings is 1. The van der Waals surface area contributed by atoms with Gasteiger partial charge in [0.2, 0.25) is 5.95 Å². The molecular formula is C30H38FN7O4. The van der Waals surface area contributed by atoms with Gasteiger partial charge in [-0.3, -0.25) is 4.57 Å². The van der Waals surface area contributed by atoms with Crippen LogP contribution in [0.4, 0.5) is 10.3 Å². The summed E-state index contributed by atoms with van der Waals surface area (Å²) in [5.41, 5.74) is 3.30. The molecule has 4 aromatic rings. The van der Waals surface area contributed by atoms with E-state index in [1.165, 1.54) is 6.07 Å². The summed E-state index contributed by atoms with van der Waals surface area (Å²) >= 11 is 0. The molecule has 224 valence electrons. The highest BCUT2D eigenvalue weighted by Crippen LogP contribution is 2.37. The van der Waals surface area contributed by atoms with Gasteiger partial charge in [0.1, 0.15) is 28.8 Å². The Bertz CT molecular complexity index is 1570. The van der Waals surface area contributed by atoms with Crippen LogP contribution in [-0.2, 0) is 9.47 Å². The molecule has 3 aromatic heterocycles. The van der Waals surface area contributed by atoms with Crippen LogP contribution in [-0.4, -0.2) is 84.9 Å². The minimum atomic E-state index is -0.701. The quantitative estimate of drug-likeness (QED) is 0.349. The predicted molar refractivity (Wildman–Crippen MR) is 155 cm³/mol. The number of fused-ring (bicyclic) bond motifs is 2. The number of aromatic nitrogens is 6. The van der Waals surface area contributed by atoms with Crippen molar-refractivity contribution in [3.8, 4) is 11.3 Å². The van der Waals surface area contributed by atoms with Gasteiger partial charge >= 0.3 is 0 Å². The fourth-order valence-corrected chi connectivity index (χ4v) is 6.90. The van der Waals surface area contributed by atoms with Gasteiger partial charge in [0.25, 0.3) is 0 Å². The van der Waals surface area contributed by atoms with Gasteiger partial charge in [-0.1, -0.05) is 0 Å². The molecule has 1 aliphatic carbocycles. The van der Waals surface area contributed by atoms with Crippen LogP contribution in [0.2, 0.25) is 0 Å². The molecule has 3 fully saturated rings. The van der Waals surface area contributed by atoms with Crippen LogP contribution in [0.25, 0.3) is 33.5 Å². The Hall–Kier alpha value is -3.19. The lowest BCUT2D eigenvalue weighted by Crippen LogP contribution is -2.45. The van der Waals surface area contributed by atoms with Gasteiger partial charge < -0.3 is 29.2 Å². The van der Waals surface area contributed by atoms with Gasteiger partial charge in [-0.2, -0.15) is 4.98 Å². The number of hydrogen-bond donors (Lipinski definition) is 2. The summed E-state index contributed by atoms with van der Waals surface area (Å²) in [7, 11) is 1.74. The molecule has 5 atom stereocenters.